The van der Waals surface area contributed by atoms with Crippen molar-refractivity contribution in [2.24, 2.45) is 5.92 Å². The highest BCUT2D eigenvalue weighted by molar-refractivity contribution is 7.92. The second-order valence-corrected chi connectivity index (χ2v) is 10.4. The molecule has 1 N–H and O–H groups in total. The van der Waals surface area contributed by atoms with Gasteiger partial charge in [-0.05, 0) is 53.6 Å². The predicted molar refractivity (Wildman–Crippen MR) is 124 cm³/mol. The molecule has 0 aromatic heterocycles. The lowest BCUT2D eigenvalue weighted by molar-refractivity contribution is 0.0813. The fourth-order valence-electron chi connectivity index (χ4n) is 3.91. The Bertz CT molecular complexity index is 1100. The van der Waals surface area contributed by atoms with Gasteiger partial charge in [-0.1, -0.05) is 53.5 Å². The standard InChI is InChI=1S/C23H21Cl2FN2O2S/c24-19-8-4-17(5-9-19)23(18-6-10-20(25)11-7-18)28-13-16(14-28)15-31(29,30)27-22-3-1-2-21(26)12-22/h1-12,16,23,27H,13-15H2. The molecule has 162 valence electrons. The first-order chi connectivity index (χ1) is 14.8. The minimum absolute atomic E-state index is 0.0199. The SMILES string of the molecule is O=S(=O)(CC1CN(C(c2ccc(Cl)cc2)c2ccc(Cl)cc2)C1)Nc1cccc(F)c1. The molecule has 3 aromatic rings. The molecule has 0 unspecified atom stereocenters. The molecule has 0 radical (unpaired) electrons. The Kier molecular flexibility index (Phi) is 6.53. The quantitative estimate of drug-likeness (QED) is 0.480. The fourth-order valence-corrected chi connectivity index (χ4v) is 5.57. The molecule has 0 amide bonds. The Hall–Kier alpha value is -2.12. The summed E-state index contributed by atoms with van der Waals surface area (Å²) in [6, 6.07) is 20.8. The van der Waals surface area contributed by atoms with Gasteiger partial charge in [0.05, 0.1) is 17.5 Å². The number of rotatable bonds is 7. The Balaban J connectivity index is 1.46. The number of nitrogens with zero attached hydrogens (tertiary/aromatic N) is 1. The molecule has 3 aromatic carbocycles. The summed E-state index contributed by atoms with van der Waals surface area (Å²) in [7, 11) is -3.58. The Morgan fingerprint density at radius 2 is 1.48 bits per heavy atom. The number of likely N-dealkylation sites (tertiary alicyclic amines) is 1. The topological polar surface area (TPSA) is 49.4 Å². The predicted octanol–water partition coefficient (Wildman–Crippen LogP) is 5.60. The van der Waals surface area contributed by atoms with Crippen molar-refractivity contribution >= 4 is 38.9 Å². The van der Waals surface area contributed by atoms with Gasteiger partial charge in [-0.2, -0.15) is 0 Å². The lowest BCUT2D eigenvalue weighted by Crippen LogP contribution is -2.51. The van der Waals surface area contributed by atoms with E-state index in [2.05, 4.69) is 9.62 Å². The van der Waals surface area contributed by atoms with Gasteiger partial charge in [0.2, 0.25) is 10.0 Å². The number of hydrogen-bond donors (Lipinski definition) is 1. The molecule has 31 heavy (non-hydrogen) atoms. The van der Waals surface area contributed by atoms with E-state index < -0.39 is 15.8 Å². The zero-order valence-electron chi connectivity index (χ0n) is 16.5. The van der Waals surface area contributed by atoms with Crippen LogP contribution in [-0.2, 0) is 10.0 Å². The average Bonchev–Trinajstić information content (AvgIpc) is 2.68. The highest BCUT2D eigenvalue weighted by Gasteiger charge is 2.36. The van der Waals surface area contributed by atoms with Crippen LogP contribution < -0.4 is 4.72 Å². The first-order valence-electron chi connectivity index (χ1n) is 9.80. The minimum atomic E-state index is -3.58. The van der Waals surface area contributed by atoms with Crippen LogP contribution in [-0.4, -0.2) is 32.2 Å². The van der Waals surface area contributed by atoms with Gasteiger partial charge in [-0.3, -0.25) is 9.62 Å². The van der Waals surface area contributed by atoms with Crippen molar-refractivity contribution in [3.63, 3.8) is 0 Å². The molecular formula is C23H21Cl2FN2O2S. The number of benzene rings is 3. The number of nitrogens with one attached hydrogen (secondary N) is 1. The second kappa shape index (κ2) is 9.17. The van der Waals surface area contributed by atoms with Crippen LogP contribution >= 0.6 is 23.2 Å². The van der Waals surface area contributed by atoms with Crippen LogP contribution in [0.4, 0.5) is 10.1 Å². The minimum Gasteiger partial charge on any atom is -0.292 e. The molecule has 0 saturated carbocycles. The van der Waals surface area contributed by atoms with E-state index in [9.17, 15) is 12.8 Å². The Labute approximate surface area is 191 Å². The van der Waals surface area contributed by atoms with Crippen molar-refractivity contribution in [3.8, 4) is 0 Å². The number of sulfonamides is 1. The molecule has 0 atom stereocenters. The van der Waals surface area contributed by atoms with Crippen LogP contribution in [0.1, 0.15) is 17.2 Å². The first kappa shape index (κ1) is 22.1. The summed E-state index contributed by atoms with van der Waals surface area (Å²) in [6.45, 7) is 1.25. The van der Waals surface area contributed by atoms with Gasteiger partial charge in [-0.15, -0.1) is 0 Å². The molecule has 4 rings (SSSR count). The summed E-state index contributed by atoms with van der Waals surface area (Å²) in [4.78, 5) is 2.23. The monoisotopic (exact) mass is 478 g/mol. The molecule has 0 aliphatic carbocycles. The molecule has 1 aliphatic rings. The molecule has 8 heteroatoms. The molecule has 1 fully saturated rings. The van der Waals surface area contributed by atoms with E-state index in [-0.39, 0.29) is 23.4 Å². The number of hydrogen-bond acceptors (Lipinski definition) is 3. The molecule has 1 heterocycles. The third-order valence-corrected chi connectivity index (χ3v) is 7.24. The van der Waals surface area contributed by atoms with E-state index in [0.717, 1.165) is 11.1 Å². The number of anilines is 1. The first-order valence-corrected chi connectivity index (χ1v) is 12.2. The van der Waals surface area contributed by atoms with Gasteiger partial charge in [0.15, 0.2) is 0 Å². The molecule has 4 nitrogen and oxygen atoms in total. The summed E-state index contributed by atoms with van der Waals surface area (Å²) >= 11 is 12.1. The zero-order valence-corrected chi connectivity index (χ0v) is 18.8. The van der Waals surface area contributed by atoms with Gasteiger partial charge < -0.3 is 0 Å². The summed E-state index contributed by atoms with van der Waals surface area (Å²) in [5.74, 6) is -0.523. The lowest BCUT2D eigenvalue weighted by Gasteiger charge is -2.44. The van der Waals surface area contributed by atoms with Crippen molar-refractivity contribution in [3.05, 3.63) is 99.8 Å². The van der Waals surface area contributed by atoms with E-state index in [1.54, 1.807) is 0 Å². The molecule has 1 aliphatic heterocycles. The Morgan fingerprint density at radius 3 is 2.00 bits per heavy atom. The van der Waals surface area contributed by atoms with Crippen LogP contribution in [0, 0.1) is 11.7 Å². The van der Waals surface area contributed by atoms with Gasteiger partial charge in [-0.25, -0.2) is 12.8 Å². The van der Waals surface area contributed by atoms with Crippen molar-refractivity contribution < 1.29 is 12.8 Å². The maximum atomic E-state index is 13.3. The van der Waals surface area contributed by atoms with E-state index >= 15 is 0 Å². The van der Waals surface area contributed by atoms with Gasteiger partial charge in [0.25, 0.3) is 0 Å². The third-order valence-electron chi connectivity index (χ3n) is 5.28. The fraction of sp³-hybridized carbons (Fsp3) is 0.217. The van der Waals surface area contributed by atoms with Crippen LogP contribution in [0.3, 0.4) is 0 Å². The number of halogens is 3. The van der Waals surface area contributed by atoms with Crippen molar-refractivity contribution in [1.82, 2.24) is 4.90 Å². The second-order valence-electron chi connectivity index (χ2n) is 7.72. The summed E-state index contributed by atoms with van der Waals surface area (Å²) in [5, 5.41) is 1.32. The average molecular weight is 479 g/mol. The smallest absolute Gasteiger partial charge is 0.233 e. The van der Waals surface area contributed by atoms with E-state index in [1.165, 1.54) is 24.3 Å². The molecule has 0 spiro atoms. The summed E-state index contributed by atoms with van der Waals surface area (Å²) in [5.41, 5.74) is 2.38. The largest absolute Gasteiger partial charge is 0.292 e. The Morgan fingerprint density at radius 1 is 0.935 bits per heavy atom. The zero-order chi connectivity index (χ0) is 22.0. The van der Waals surface area contributed by atoms with Crippen molar-refractivity contribution in [2.45, 2.75) is 6.04 Å². The highest BCUT2D eigenvalue weighted by atomic mass is 35.5. The van der Waals surface area contributed by atoms with Gasteiger partial charge in [0, 0.05) is 29.1 Å². The lowest BCUT2D eigenvalue weighted by atomic mass is 9.91. The van der Waals surface area contributed by atoms with Crippen LogP contribution in [0.2, 0.25) is 10.0 Å². The van der Waals surface area contributed by atoms with Crippen molar-refractivity contribution in [1.29, 1.82) is 0 Å². The maximum Gasteiger partial charge on any atom is 0.233 e. The van der Waals surface area contributed by atoms with Gasteiger partial charge >= 0.3 is 0 Å². The molecule has 1 saturated heterocycles. The van der Waals surface area contributed by atoms with E-state index in [4.69, 9.17) is 23.2 Å². The van der Waals surface area contributed by atoms with Crippen LogP contribution in [0.5, 0.6) is 0 Å². The molecule has 0 bridgehead atoms. The normalized spacial score (nSPS) is 15.1. The van der Waals surface area contributed by atoms with E-state index in [1.807, 2.05) is 48.5 Å². The summed E-state index contributed by atoms with van der Waals surface area (Å²) < 4.78 is 40.8. The summed E-state index contributed by atoms with van der Waals surface area (Å²) in [6.07, 6.45) is 0. The molecular weight excluding hydrogens is 458 g/mol. The van der Waals surface area contributed by atoms with Crippen molar-refractivity contribution in [2.75, 3.05) is 23.6 Å². The van der Waals surface area contributed by atoms with Crippen LogP contribution in [0.25, 0.3) is 0 Å². The highest BCUT2D eigenvalue weighted by Crippen LogP contribution is 2.35. The van der Waals surface area contributed by atoms with Gasteiger partial charge in [0.1, 0.15) is 5.82 Å². The van der Waals surface area contributed by atoms with E-state index in [0.29, 0.717) is 23.1 Å². The van der Waals surface area contributed by atoms with Crippen LogP contribution in [0.15, 0.2) is 72.8 Å². The maximum absolute atomic E-state index is 13.3. The third kappa shape index (κ3) is 5.57.